The number of carbonyl (C=O) groups excluding carboxylic acids is 2. The van der Waals surface area contributed by atoms with Gasteiger partial charge in [0.25, 0.3) is 0 Å². The average Bonchev–Trinajstić information content (AvgIpc) is 2.83. The van der Waals surface area contributed by atoms with Crippen LogP contribution in [0.5, 0.6) is 0 Å². The topological polar surface area (TPSA) is 92.7 Å². The molecule has 0 aliphatic heterocycles. The van der Waals surface area contributed by atoms with Gasteiger partial charge in [0.05, 0.1) is 12.2 Å². The number of hydrogen-bond donors (Lipinski definition) is 2. The van der Waals surface area contributed by atoms with Crippen molar-refractivity contribution in [1.82, 2.24) is 0 Å². The van der Waals surface area contributed by atoms with Crippen molar-refractivity contribution in [3.8, 4) is 0 Å². The Morgan fingerprint density at radius 1 is 1.33 bits per heavy atom. The minimum Gasteiger partial charge on any atom is -0.481 e. The van der Waals surface area contributed by atoms with Crippen LogP contribution in [0.2, 0.25) is 0 Å². The first-order chi connectivity index (χ1) is 11.4. The Kier molecular flexibility index (Phi) is 6.36. The second-order valence-corrected chi connectivity index (χ2v) is 7.18. The van der Waals surface area contributed by atoms with Gasteiger partial charge in [0.2, 0.25) is 5.91 Å². The Hall–Kier alpha value is -1.89. The lowest BCUT2D eigenvalue weighted by atomic mass is 9.88. The molecule has 0 saturated heterocycles. The number of hydrogen-bond acceptors (Lipinski definition) is 5. The molecule has 0 radical (unpaired) electrons. The second kappa shape index (κ2) is 8.28. The highest BCUT2D eigenvalue weighted by atomic mass is 32.1. The van der Waals surface area contributed by atoms with Gasteiger partial charge in [0, 0.05) is 17.7 Å². The lowest BCUT2D eigenvalue weighted by Crippen LogP contribution is -2.16. The third-order valence-electron chi connectivity index (χ3n) is 4.04. The van der Waals surface area contributed by atoms with Crippen LogP contribution in [-0.4, -0.2) is 29.6 Å². The van der Waals surface area contributed by atoms with Crippen LogP contribution < -0.4 is 5.32 Å². The summed E-state index contributed by atoms with van der Waals surface area (Å²) in [4.78, 5) is 36.0. The van der Waals surface area contributed by atoms with Crippen LogP contribution in [0.4, 0.5) is 5.00 Å². The van der Waals surface area contributed by atoms with E-state index < -0.39 is 11.9 Å². The first kappa shape index (κ1) is 18.4. The third-order valence-corrected chi connectivity index (χ3v) is 5.21. The number of aliphatic carboxylic acids is 1. The quantitative estimate of drug-likeness (QED) is 0.734. The molecule has 1 heterocycles. The van der Waals surface area contributed by atoms with Gasteiger partial charge in [-0.1, -0.05) is 6.92 Å². The van der Waals surface area contributed by atoms with Crippen LogP contribution in [0, 0.1) is 5.92 Å². The number of nitrogens with one attached hydrogen (secondary N) is 1. The number of carbonyl (C=O) groups is 3. The molecule has 1 unspecified atom stereocenters. The zero-order valence-corrected chi connectivity index (χ0v) is 14.8. The third kappa shape index (κ3) is 4.56. The van der Waals surface area contributed by atoms with Gasteiger partial charge in [-0.15, -0.1) is 11.3 Å². The molecular weight excluding hydrogens is 330 g/mol. The van der Waals surface area contributed by atoms with E-state index in [1.54, 1.807) is 6.92 Å². The summed E-state index contributed by atoms with van der Waals surface area (Å²) in [6.07, 6.45) is 3.08. The molecule has 1 atom stereocenters. The maximum Gasteiger partial charge on any atom is 0.341 e. The molecule has 0 spiro atoms. The Labute approximate surface area is 145 Å². The van der Waals surface area contributed by atoms with Gasteiger partial charge in [0.1, 0.15) is 5.00 Å². The number of fused-ring (bicyclic) bond motifs is 1. The molecule has 132 valence electrons. The van der Waals surface area contributed by atoms with E-state index in [-0.39, 0.29) is 31.8 Å². The Morgan fingerprint density at radius 3 is 2.75 bits per heavy atom. The SMILES string of the molecule is CCOC(=O)c1c(NC(=O)CCCC(=O)O)sc2c1CCC(C)C2. The summed E-state index contributed by atoms with van der Waals surface area (Å²) in [6.45, 7) is 4.21. The Morgan fingerprint density at radius 2 is 2.08 bits per heavy atom. The van der Waals surface area contributed by atoms with Crippen LogP contribution in [0.3, 0.4) is 0 Å². The standard InChI is InChI=1S/C17H23NO5S/c1-3-23-17(22)15-11-8-7-10(2)9-12(11)24-16(15)18-13(19)5-4-6-14(20)21/h10H,3-9H2,1-2H3,(H,18,19)(H,20,21). The first-order valence-corrected chi connectivity index (χ1v) is 9.07. The summed E-state index contributed by atoms with van der Waals surface area (Å²) in [5.41, 5.74) is 1.48. The molecule has 1 amide bonds. The number of ether oxygens (including phenoxy) is 1. The molecule has 0 aromatic carbocycles. The predicted octanol–water partition coefficient (Wildman–Crippen LogP) is 3.24. The van der Waals surface area contributed by atoms with Crippen molar-refractivity contribution in [2.75, 3.05) is 11.9 Å². The normalized spacial score (nSPS) is 16.3. The number of amides is 1. The molecule has 0 bridgehead atoms. The summed E-state index contributed by atoms with van der Waals surface area (Å²) in [5, 5.41) is 12.0. The predicted molar refractivity (Wildman–Crippen MR) is 91.6 cm³/mol. The number of anilines is 1. The number of thiophene rings is 1. The number of esters is 1. The molecule has 2 rings (SSSR count). The Bertz CT molecular complexity index is 637. The molecule has 2 N–H and O–H groups in total. The molecular formula is C17H23NO5S. The molecule has 0 saturated carbocycles. The van der Waals surface area contributed by atoms with Gasteiger partial charge in [-0.25, -0.2) is 4.79 Å². The van der Waals surface area contributed by atoms with E-state index in [9.17, 15) is 14.4 Å². The maximum atomic E-state index is 12.3. The van der Waals surface area contributed by atoms with E-state index in [4.69, 9.17) is 9.84 Å². The average molecular weight is 353 g/mol. The smallest absolute Gasteiger partial charge is 0.341 e. The van der Waals surface area contributed by atoms with Gasteiger partial charge in [-0.05, 0) is 44.1 Å². The van der Waals surface area contributed by atoms with Gasteiger partial charge < -0.3 is 15.2 Å². The highest BCUT2D eigenvalue weighted by Crippen LogP contribution is 2.40. The zero-order valence-electron chi connectivity index (χ0n) is 14.0. The molecule has 7 heteroatoms. The van der Waals surface area contributed by atoms with Crippen molar-refractivity contribution < 1.29 is 24.2 Å². The first-order valence-electron chi connectivity index (χ1n) is 8.25. The van der Waals surface area contributed by atoms with E-state index in [2.05, 4.69) is 12.2 Å². The van der Waals surface area contributed by atoms with Crippen molar-refractivity contribution in [2.45, 2.75) is 52.4 Å². The van der Waals surface area contributed by atoms with E-state index in [1.807, 2.05) is 0 Å². The van der Waals surface area contributed by atoms with E-state index in [1.165, 1.54) is 11.3 Å². The van der Waals surface area contributed by atoms with Crippen molar-refractivity contribution in [3.05, 3.63) is 16.0 Å². The highest BCUT2D eigenvalue weighted by molar-refractivity contribution is 7.17. The molecule has 0 fully saturated rings. The minimum absolute atomic E-state index is 0.0450. The number of carboxylic acids is 1. The summed E-state index contributed by atoms with van der Waals surface area (Å²) in [7, 11) is 0. The van der Waals surface area contributed by atoms with Gasteiger partial charge in [-0.2, -0.15) is 0 Å². The molecule has 6 nitrogen and oxygen atoms in total. The van der Waals surface area contributed by atoms with Crippen LogP contribution in [0.15, 0.2) is 0 Å². The van der Waals surface area contributed by atoms with Crippen LogP contribution in [0.1, 0.15) is 60.3 Å². The summed E-state index contributed by atoms with van der Waals surface area (Å²) >= 11 is 1.44. The maximum absolute atomic E-state index is 12.3. The lowest BCUT2D eigenvalue weighted by Gasteiger charge is -2.18. The fourth-order valence-corrected chi connectivity index (χ4v) is 4.26. The summed E-state index contributed by atoms with van der Waals surface area (Å²) in [6, 6.07) is 0. The van der Waals surface area contributed by atoms with E-state index >= 15 is 0 Å². The second-order valence-electron chi connectivity index (χ2n) is 6.07. The Balaban J connectivity index is 2.17. The summed E-state index contributed by atoms with van der Waals surface area (Å²) < 4.78 is 5.15. The van der Waals surface area contributed by atoms with Gasteiger partial charge in [0.15, 0.2) is 0 Å². The number of carboxylic acid groups (broad SMARTS) is 1. The molecule has 24 heavy (non-hydrogen) atoms. The van der Waals surface area contributed by atoms with Crippen molar-refractivity contribution in [3.63, 3.8) is 0 Å². The largest absolute Gasteiger partial charge is 0.481 e. The fourth-order valence-electron chi connectivity index (χ4n) is 2.85. The van der Waals surface area contributed by atoms with Gasteiger partial charge in [-0.3, -0.25) is 9.59 Å². The van der Waals surface area contributed by atoms with Crippen molar-refractivity contribution in [2.24, 2.45) is 5.92 Å². The van der Waals surface area contributed by atoms with E-state index in [0.717, 1.165) is 29.7 Å². The van der Waals surface area contributed by atoms with Crippen LogP contribution >= 0.6 is 11.3 Å². The zero-order chi connectivity index (χ0) is 17.7. The van der Waals surface area contributed by atoms with Crippen molar-refractivity contribution >= 4 is 34.2 Å². The lowest BCUT2D eigenvalue weighted by molar-refractivity contribution is -0.137. The summed E-state index contributed by atoms with van der Waals surface area (Å²) in [5.74, 6) is -1.03. The van der Waals surface area contributed by atoms with E-state index in [0.29, 0.717) is 16.5 Å². The fraction of sp³-hybridized carbons (Fsp3) is 0.588. The number of rotatable bonds is 7. The highest BCUT2D eigenvalue weighted by Gasteiger charge is 2.29. The molecule has 1 aliphatic rings. The van der Waals surface area contributed by atoms with Crippen LogP contribution in [-0.2, 0) is 27.2 Å². The molecule has 1 aliphatic carbocycles. The monoisotopic (exact) mass is 353 g/mol. The minimum atomic E-state index is -0.921. The van der Waals surface area contributed by atoms with Crippen molar-refractivity contribution in [1.29, 1.82) is 0 Å². The molecule has 1 aromatic rings. The molecule has 1 aromatic heterocycles. The van der Waals surface area contributed by atoms with Gasteiger partial charge >= 0.3 is 11.9 Å². The van der Waals surface area contributed by atoms with Crippen LogP contribution in [0.25, 0.3) is 0 Å².